The van der Waals surface area contributed by atoms with Crippen molar-refractivity contribution in [1.82, 2.24) is 10.4 Å². The fraction of sp³-hybridized carbons (Fsp3) is 0.889. The average molecular weight is 183 g/mol. The number of hydrogen-bond donors (Lipinski definition) is 2. The van der Waals surface area contributed by atoms with Crippen LogP contribution in [-0.4, -0.2) is 29.5 Å². The van der Waals surface area contributed by atoms with Crippen molar-refractivity contribution in [1.29, 1.82) is 0 Å². The van der Waals surface area contributed by atoms with E-state index < -0.39 is 5.54 Å². The fourth-order valence-corrected chi connectivity index (χ4v) is 1.62. The third-order valence-corrected chi connectivity index (χ3v) is 2.86. The molecular formula is C9H17N3O. The Hall–Kier alpha value is -0.610. The van der Waals surface area contributed by atoms with E-state index in [0.29, 0.717) is 0 Å². The highest BCUT2D eigenvalue weighted by Gasteiger charge is 2.46. The summed E-state index contributed by atoms with van der Waals surface area (Å²) < 4.78 is 0. The van der Waals surface area contributed by atoms with Crippen LogP contribution in [0.5, 0.6) is 0 Å². The minimum atomic E-state index is -0.530. The molecule has 1 amide bonds. The molecule has 0 radical (unpaired) electrons. The molecule has 4 nitrogen and oxygen atoms in total. The van der Waals surface area contributed by atoms with Gasteiger partial charge in [0.25, 0.3) is 5.91 Å². The quantitative estimate of drug-likeness (QED) is 0.633. The van der Waals surface area contributed by atoms with E-state index in [1.165, 1.54) is 19.3 Å². The molecule has 1 saturated carbocycles. The van der Waals surface area contributed by atoms with Gasteiger partial charge >= 0.3 is 0 Å². The Morgan fingerprint density at radius 1 is 1.23 bits per heavy atom. The number of carbonyl (C=O) groups excluding carboxylic acids is 1. The van der Waals surface area contributed by atoms with E-state index in [0.717, 1.165) is 25.9 Å². The van der Waals surface area contributed by atoms with Crippen molar-refractivity contribution >= 4 is 5.91 Å². The summed E-state index contributed by atoms with van der Waals surface area (Å²) in [6.45, 7) is 1.95. The molecule has 0 atom stereocenters. The molecule has 0 aromatic rings. The first-order valence-corrected chi connectivity index (χ1v) is 5.06. The molecule has 1 aliphatic heterocycles. The number of hydrogen-bond acceptors (Lipinski definition) is 3. The molecule has 3 N–H and O–H groups in total. The zero-order chi connectivity index (χ0) is 9.31. The van der Waals surface area contributed by atoms with Crippen molar-refractivity contribution in [3.05, 3.63) is 0 Å². The topological polar surface area (TPSA) is 58.4 Å². The molecular weight excluding hydrogens is 166 g/mol. The van der Waals surface area contributed by atoms with Gasteiger partial charge < -0.3 is 5.73 Å². The van der Waals surface area contributed by atoms with Gasteiger partial charge in [-0.15, -0.1) is 0 Å². The first-order valence-electron chi connectivity index (χ1n) is 5.06. The first kappa shape index (κ1) is 8.97. The lowest BCUT2D eigenvalue weighted by atomic mass is 10.2. The molecule has 0 spiro atoms. The van der Waals surface area contributed by atoms with E-state index in [-0.39, 0.29) is 5.91 Å². The Labute approximate surface area is 78.4 Å². The number of amides is 1. The standard InChI is InChI=1S/C9H17N3O/c10-9(4-5-9)8(13)11-12-6-2-1-3-7-12/h1-7,10H2,(H,11,13). The largest absolute Gasteiger partial charge is 0.317 e. The van der Waals surface area contributed by atoms with Gasteiger partial charge in [-0.2, -0.15) is 0 Å². The number of nitrogens with one attached hydrogen (secondary N) is 1. The summed E-state index contributed by atoms with van der Waals surface area (Å²) >= 11 is 0. The van der Waals surface area contributed by atoms with Crippen LogP contribution in [0.2, 0.25) is 0 Å². The second kappa shape index (κ2) is 3.27. The van der Waals surface area contributed by atoms with E-state index in [1.807, 2.05) is 5.01 Å². The Balaban J connectivity index is 1.79. The molecule has 0 aromatic carbocycles. The molecule has 1 aliphatic carbocycles. The minimum Gasteiger partial charge on any atom is -0.317 e. The van der Waals surface area contributed by atoms with Crippen LogP contribution < -0.4 is 11.2 Å². The SMILES string of the molecule is NC1(C(=O)NN2CCCCC2)CC1. The highest BCUT2D eigenvalue weighted by Crippen LogP contribution is 2.32. The van der Waals surface area contributed by atoms with Crippen molar-refractivity contribution in [3.63, 3.8) is 0 Å². The molecule has 13 heavy (non-hydrogen) atoms. The van der Waals surface area contributed by atoms with Crippen molar-refractivity contribution in [2.45, 2.75) is 37.6 Å². The van der Waals surface area contributed by atoms with Gasteiger partial charge in [-0.25, -0.2) is 5.01 Å². The van der Waals surface area contributed by atoms with E-state index in [2.05, 4.69) is 5.43 Å². The summed E-state index contributed by atoms with van der Waals surface area (Å²) in [7, 11) is 0. The number of carbonyl (C=O) groups is 1. The lowest BCUT2D eigenvalue weighted by Crippen LogP contribution is -2.52. The van der Waals surface area contributed by atoms with Gasteiger partial charge in [0.05, 0.1) is 5.54 Å². The van der Waals surface area contributed by atoms with Crippen LogP contribution in [0.1, 0.15) is 32.1 Å². The van der Waals surface area contributed by atoms with Crippen LogP contribution in [0, 0.1) is 0 Å². The summed E-state index contributed by atoms with van der Waals surface area (Å²) in [6, 6.07) is 0. The second-order valence-electron chi connectivity index (χ2n) is 4.14. The van der Waals surface area contributed by atoms with E-state index in [9.17, 15) is 4.79 Å². The zero-order valence-electron chi connectivity index (χ0n) is 7.88. The van der Waals surface area contributed by atoms with E-state index in [1.54, 1.807) is 0 Å². The van der Waals surface area contributed by atoms with Gasteiger partial charge in [-0.3, -0.25) is 10.2 Å². The van der Waals surface area contributed by atoms with Crippen LogP contribution in [-0.2, 0) is 4.79 Å². The van der Waals surface area contributed by atoms with E-state index in [4.69, 9.17) is 5.73 Å². The summed E-state index contributed by atoms with van der Waals surface area (Å²) in [4.78, 5) is 11.5. The highest BCUT2D eigenvalue weighted by atomic mass is 16.2. The molecule has 1 saturated heterocycles. The predicted octanol–water partition coefficient (Wildman–Crippen LogP) is -0.00520. The zero-order valence-corrected chi connectivity index (χ0v) is 7.88. The number of nitrogens with zero attached hydrogens (tertiary/aromatic N) is 1. The molecule has 2 rings (SSSR count). The van der Waals surface area contributed by atoms with Crippen molar-refractivity contribution in [3.8, 4) is 0 Å². The van der Waals surface area contributed by atoms with Crippen LogP contribution in [0.4, 0.5) is 0 Å². The molecule has 74 valence electrons. The number of piperidine rings is 1. The summed E-state index contributed by atoms with van der Waals surface area (Å²) in [6.07, 6.45) is 5.31. The fourth-order valence-electron chi connectivity index (χ4n) is 1.62. The van der Waals surface area contributed by atoms with Crippen LogP contribution in [0.25, 0.3) is 0 Å². The van der Waals surface area contributed by atoms with Gasteiger partial charge in [-0.05, 0) is 25.7 Å². The molecule has 2 aliphatic rings. The summed E-state index contributed by atoms with van der Waals surface area (Å²) in [5, 5.41) is 2.00. The van der Waals surface area contributed by atoms with Crippen molar-refractivity contribution in [2.75, 3.05) is 13.1 Å². The van der Waals surface area contributed by atoms with Gasteiger partial charge in [0, 0.05) is 13.1 Å². The van der Waals surface area contributed by atoms with Gasteiger partial charge in [0.1, 0.15) is 0 Å². The van der Waals surface area contributed by atoms with E-state index >= 15 is 0 Å². The third kappa shape index (κ3) is 2.00. The van der Waals surface area contributed by atoms with Crippen molar-refractivity contribution in [2.24, 2.45) is 5.73 Å². The predicted molar refractivity (Wildman–Crippen MR) is 49.7 cm³/mol. The monoisotopic (exact) mass is 183 g/mol. The number of hydrazine groups is 1. The lowest BCUT2D eigenvalue weighted by Gasteiger charge is -2.27. The van der Waals surface area contributed by atoms with Crippen LogP contribution >= 0.6 is 0 Å². The summed E-state index contributed by atoms with van der Waals surface area (Å²) in [5.74, 6) is 0.00870. The Morgan fingerprint density at radius 3 is 2.38 bits per heavy atom. The smallest absolute Gasteiger partial charge is 0.254 e. The highest BCUT2D eigenvalue weighted by molar-refractivity contribution is 5.88. The van der Waals surface area contributed by atoms with Crippen molar-refractivity contribution < 1.29 is 4.79 Å². The normalized spacial score (nSPS) is 26.8. The van der Waals surface area contributed by atoms with Gasteiger partial charge in [-0.1, -0.05) is 6.42 Å². The Morgan fingerprint density at radius 2 is 1.85 bits per heavy atom. The molecule has 2 fully saturated rings. The molecule has 4 heteroatoms. The minimum absolute atomic E-state index is 0.00870. The molecule has 0 unspecified atom stereocenters. The molecule has 0 aromatic heterocycles. The number of rotatable bonds is 2. The Bertz CT molecular complexity index is 207. The lowest BCUT2D eigenvalue weighted by molar-refractivity contribution is -0.128. The molecule has 1 heterocycles. The maximum absolute atomic E-state index is 11.5. The Kier molecular flexibility index (Phi) is 2.26. The second-order valence-corrected chi connectivity index (χ2v) is 4.14. The summed E-state index contributed by atoms with van der Waals surface area (Å²) in [5.41, 5.74) is 8.13. The van der Waals surface area contributed by atoms with Gasteiger partial charge in [0.2, 0.25) is 0 Å². The maximum Gasteiger partial charge on any atom is 0.254 e. The molecule has 0 bridgehead atoms. The average Bonchev–Trinajstić information content (AvgIpc) is 2.87. The van der Waals surface area contributed by atoms with Crippen LogP contribution in [0.15, 0.2) is 0 Å². The van der Waals surface area contributed by atoms with Gasteiger partial charge in [0.15, 0.2) is 0 Å². The number of nitrogens with two attached hydrogens (primary N) is 1. The first-order chi connectivity index (χ1) is 6.21. The maximum atomic E-state index is 11.5. The third-order valence-electron chi connectivity index (χ3n) is 2.86. The van der Waals surface area contributed by atoms with Crippen LogP contribution in [0.3, 0.4) is 0 Å².